The Bertz CT molecular complexity index is 586. The van der Waals surface area contributed by atoms with Gasteiger partial charge in [0, 0.05) is 17.8 Å². The zero-order chi connectivity index (χ0) is 13.8. The maximum Gasteiger partial charge on any atom is 0.274 e. The molecule has 1 amide bonds. The van der Waals surface area contributed by atoms with Crippen LogP contribution in [0.1, 0.15) is 10.4 Å². The fourth-order valence-corrected chi connectivity index (χ4v) is 1.93. The number of anilines is 2. The first-order valence-corrected chi connectivity index (χ1v) is 6.13. The lowest BCUT2D eigenvalue weighted by Gasteiger charge is -2.22. The van der Waals surface area contributed by atoms with Crippen LogP contribution in [0.15, 0.2) is 48.5 Å². The minimum Gasteiger partial charge on any atom is -0.398 e. The molecule has 5 heteroatoms. The van der Waals surface area contributed by atoms with Crippen LogP contribution in [0.3, 0.4) is 0 Å². The van der Waals surface area contributed by atoms with Crippen molar-refractivity contribution in [3.63, 3.8) is 0 Å². The van der Waals surface area contributed by atoms with E-state index in [0.29, 0.717) is 16.3 Å². The second-order valence-electron chi connectivity index (χ2n) is 3.93. The number of nitrogen functional groups attached to an aromatic ring is 1. The zero-order valence-electron chi connectivity index (χ0n) is 10.4. The number of rotatable bonds is 3. The quantitative estimate of drug-likeness (QED) is 0.669. The average Bonchev–Trinajstić information content (AvgIpc) is 2.43. The van der Waals surface area contributed by atoms with Gasteiger partial charge in [0.15, 0.2) is 0 Å². The normalized spacial score (nSPS) is 10.2. The number of nitrogens with zero attached hydrogens (tertiary/aromatic N) is 1. The number of halogens is 1. The third-order valence-corrected chi connectivity index (χ3v) is 2.92. The molecular formula is C14H14ClN3O. The fourth-order valence-electron chi connectivity index (χ4n) is 1.76. The molecule has 0 aromatic heterocycles. The third kappa shape index (κ3) is 2.86. The number of nitrogens with one attached hydrogen (secondary N) is 1. The van der Waals surface area contributed by atoms with Crippen LogP contribution in [0.5, 0.6) is 0 Å². The van der Waals surface area contributed by atoms with E-state index in [4.69, 9.17) is 17.3 Å². The molecule has 19 heavy (non-hydrogen) atoms. The van der Waals surface area contributed by atoms with Crippen molar-refractivity contribution >= 4 is 28.9 Å². The molecule has 0 heterocycles. The van der Waals surface area contributed by atoms with E-state index in [1.807, 2.05) is 30.3 Å². The Kier molecular flexibility index (Phi) is 4.04. The Hall–Kier alpha value is -2.04. The molecule has 2 aromatic rings. The third-order valence-electron chi connectivity index (χ3n) is 2.69. The highest BCUT2D eigenvalue weighted by Crippen LogP contribution is 2.21. The number of hydrogen-bond donors (Lipinski definition) is 2. The Morgan fingerprint density at radius 2 is 1.89 bits per heavy atom. The SMILES string of the molecule is CNN(C(=O)c1cc(Cl)ccc1N)c1ccccc1. The second kappa shape index (κ2) is 5.73. The molecule has 0 spiro atoms. The number of carbonyl (C=O) groups is 1. The summed E-state index contributed by atoms with van der Waals surface area (Å²) < 4.78 is 0. The van der Waals surface area contributed by atoms with Crippen LogP contribution in [-0.4, -0.2) is 13.0 Å². The monoisotopic (exact) mass is 275 g/mol. The molecule has 0 saturated carbocycles. The predicted octanol–water partition coefficient (Wildman–Crippen LogP) is 2.70. The predicted molar refractivity (Wildman–Crippen MR) is 78.2 cm³/mol. The van der Waals surface area contributed by atoms with Gasteiger partial charge < -0.3 is 5.73 Å². The van der Waals surface area contributed by atoms with Crippen molar-refractivity contribution in [3.8, 4) is 0 Å². The highest BCUT2D eigenvalue weighted by atomic mass is 35.5. The van der Waals surface area contributed by atoms with E-state index >= 15 is 0 Å². The molecule has 0 aliphatic rings. The topological polar surface area (TPSA) is 58.4 Å². The van der Waals surface area contributed by atoms with Gasteiger partial charge >= 0.3 is 0 Å². The largest absolute Gasteiger partial charge is 0.398 e. The van der Waals surface area contributed by atoms with Crippen molar-refractivity contribution in [1.29, 1.82) is 0 Å². The maximum absolute atomic E-state index is 12.5. The fraction of sp³-hybridized carbons (Fsp3) is 0.0714. The summed E-state index contributed by atoms with van der Waals surface area (Å²) in [6.45, 7) is 0. The van der Waals surface area contributed by atoms with Gasteiger partial charge in [-0.25, -0.2) is 10.4 Å². The number of hydrazine groups is 1. The van der Waals surface area contributed by atoms with Gasteiger partial charge in [-0.3, -0.25) is 4.79 Å². The lowest BCUT2D eigenvalue weighted by atomic mass is 10.1. The van der Waals surface area contributed by atoms with Crippen molar-refractivity contribution in [2.75, 3.05) is 17.8 Å². The van der Waals surface area contributed by atoms with Crippen molar-refractivity contribution < 1.29 is 4.79 Å². The number of para-hydroxylation sites is 1. The summed E-state index contributed by atoms with van der Waals surface area (Å²) in [7, 11) is 1.67. The Balaban J connectivity index is 2.39. The summed E-state index contributed by atoms with van der Waals surface area (Å²) >= 11 is 5.91. The minimum absolute atomic E-state index is 0.256. The summed E-state index contributed by atoms with van der Waals surface area (Å²) in [5.74, 6) is -0.256. The van der Waals surface area contributed by atoms with Crippen LogP contribution in [0, 0.1) is 0 Å². The van der Waals surface area contributed by atoms with E-state index in [0.717, 1.165) is 5.69 Å². The van der Waals surface area contributed by atoms with Crippen LogP contribution >= 0.6 is 11.6 Å². The summed E-state index contributed by atoms with van der Waals surface area (Å²) in [6, 6.07) is 14.1. The number of benzene rings is 2. The van der Waals surface area contributed by atoms with Crippen molar-refractivity contribution in [2.45, 2.75) is 0 Å². The van der Waals surface area contributed by atoms with Gasteiger partial charge in [0.05, 0.1) is 11.3 Å². The van der Waals surface area contributed by atoms with E-state index in [-0.39, 0.29) is 5.91 Å². The summed E-state index contributed by atoms with van der Waals surface area (Å²) in [5.41, 5.74) is 10.2. The molecule has 0 bridgehead atoms. The van der Waals surface area contributed by atoms with E-state index < -0.39 is 0 Å². The molecule has 0 aliphatic carbocycles. The van der Waals surface area contributed by atoms with E-state index in [1.54, 1.807) is 25.2 Å². The van der Waals surface area contributed by atoms with Crippen LogP contribution in [0.4, 0.5) is 11.4 Å². The van der Waals surface area contributed by atoms with Crippen molar-refractivity contribution in [2.24, 2.45) is 0 Å². The first kappa shape index (κ1) is 13.4. The number of amides is 1. The van der Waals surface area contributed by atoms with E-state index in [1.165, 1.54) is 5.01 Å². The highest BCUT2D eigenvalue weighted by molar-refractivity contribution is 6.31. The molecule has 2 aromatic carbocycles. The van der Waals surface area contributed by atoms with Crippen LogP contribution < -0.4 is 16.2 Å². The lowest BCUT2D eigenvalue weighted by Crippen LogP contribution is -2.41. The van der Waals surface area contributed by atoms with E-state index in [2.05, 4.69) is 5.43 Å². The molecule has 2 rings (SSSR count). The number of nitrogens with two attached hydrogens (primary N) is 1. The summed E-state index contributed by atoms with van der Waals surface area (Å²) in [4.78, 5) is 12.5. The molecule has 0 unspecified atom stereocenters. The molecule has 0 saturated heterocycles. The lowest BCUT2D eigenvalue weighted by molar-refractivity contribution is 0.0978. The second-order valence-corrected chi connectivity index (χ2v) is 4.37. The molecule has 0 fully saturated rings. The smallest absolute Gasteiger partial charge is 0.274 e. The standard InChI is InChI=1S/C14H14ClN3O/c1-17-18(11-5-3-2-4-6-11)14(19)12-9-10(15)7-8-13(12)16/h2-9,17H,16H2,1H3. The number of carbonyl (C=O) groups excluding carboxylic acids is 1. The first-order valence-electron chi connectivity index (χ1n) is 5.75. The molecular weight excluding hydrogens is 262 g/mol. The average molecular weight is 276 g/mol. The Morgan fingerprint density at radius 3 is 2.53 bits per heavy atom. The molecule has 0 radical (unpaired) electrons. The molecule has 3 N–H and O–H groups in total. The van der Waals surface area contributed by atoms with Crippen LogP contribution in [0.25, 0.3) is 0 Å². The molecule has 0 aliphatic heterocycles. The van der Waals surface area contributed by atoms with Gasteiger partial charge in [-0.15, -0.1) is 0 Å². The zero-order valence-corrected chi connectivity index (χ0v) is 11.2. The van der Waals surface area contributed by atoms with Crippen molar-refractivity contribution in [3.05, 3.63) is 59.1 Å². The van der Waals surface area contributed by atoms with Gasteiger partial charge in [-0.05, 0) is 30.3 Å². The molecule has 0 atom stereocenters. The van der Waals surface area contributed by atoms with Crippen LogP contribution in [-0.2, 0) is 0 Å². The highest BCUT2D eigenvalue weighted by Gasteiger charge is 2.18. The first-order chi connectivity index (χ1) is 9.13. The molecule has 98 valence electrons. The van der Waals surface area contributed by atoms with Gasteiger partial charge in [0.1, 0.15) is 0 Å². The van der Waals surface area contributed by atoms with Gasteiger partial charge in [0.25, 0.3) is 5.91 Å². The molecule has 4 nitrogen and oxygen atoms in total. The number of hydrogen-bond acceptors (Lipinski definition) is 3. The van der Waals surface area contributed by atoms with Crippen molar-refractivity contribution in [1.82, 2.24) is 5.43 Å². The van der Waals surface area contributed by atoms with Gasteiger partial charge in [-0.1, -0.05) is 29.8 Å². The van der Waals surface area contributed by atoms with E-state index in [9.17, 15) is 4.79 Å². The summed E-state index contributed by atoms with van der Waals surface area (Å²) in [5, 5.41) is 1.89. The summed E-state index contributed by atoms with van der Waals surface area (Å²) in [6.07, 6.45) is 0. The maximum atomic E-state index is 12.5. The van der Waals surface area contributed by atoms with Gasteiger partial charge in [-0.2, -0.15) is 0 Å². The minimum atomic E-state index is -0.256. The Morgan fingerprint density at radius 1 is 1.21 bits per heavy atom. The van der Waals surface area contributed by atoms with Crippen LogP contribution in [0.2, 0.25) is 5.02 Å². The van der Waals surface area contributed by atoms with Gasteiger partial charge in [0.2, 0.25) is 0 Å². The Labute approximate surface area is 116 Å².